The van der Waals surface area contributed by atoms with Gasteiger partial charge in [0.05, 0.1) is 17.8 Å². The largest absolute Gasteiger partial charge is 0.331 e. The summed E-state index contributed by atoms with van der Waals surface area (Å²) >= 11 is 0. The lowest BCUT2D eigenvalue weighted by Gasteiger charge is -2.38. The first kappa shape index (κ1) is 13.0. The Morgan fingerprint density at radius 2 is 1.86 bits per heavy atom. The van der Waals surface area contributed by atoms with E-state index in [0.29, 0.717) is 5.56 Å². The Morgan fingerprint density at radius 1 is 1.14 bits per heavy atom. The molecular weight excluding hydrogens is 266 g/mol. The summed E-state index contributed by atoms with van der Waals surface area (Å²) in [5, 5.41) is 6.48. The van der Waals surface area contributed by atoms with E-state index in [4.69, 9.17) is 5.53 Å². The summed E-state index contributed by atoms with van der Waals surface area (Å²) < 4.78 is 0. The van der Waals surface area contributed by atoms with Gasteiger partial charge >= 0.3 is 0 Å². The van der Waals surface area contributed by atoms with E-state index in [1.54, 1.807) is 6.07 Å². The van der Waals surface area contributed by atoms with Crippen LogP contribution < -0.4 is 10.2 Å². The Kier molecular flexibility index (Phi) is 3.45. The molecule has 21 heavy (non-hydrogen) atoms. The Morgan fingerprint density at radius 3 is 2.62 bits per heavy atom. The van der Waals surface area contributed by atoms with Crippen molar-refractivity contribution in [1.82, 2.24) is 5.32 Å². The van der Waals surface area contributed by atoms with Crippen molar-refractivity contribution in [2.75, 3.05) is 11.4 Å². The highest BCUT2D eigenvalue weighted by Gasteiger charge is 2.30. The van der Waals surface area contributed by atoms with Gasteiger partial charge in [-0.1, -0.05) is 35.4 Å². The van der Waals surface area contributed by atoms with Gasteiger partial charge in [0.1, 0.15) is 6.17 Å². The SMILES string of the molecule is [N-]=[N+]=NCC1NC(=O)c2ccccc2N1c1ccccc1. The van der Waals surface area contributed by atoms with Crippen molar-refractivity contribution in [3.05, 3.63) is 70.6 Å². The van der Waals surface area contributed by atoms with E-state index in [9.17, 15) is 4.79 Å². The summed E-state index contributed by atoms with van der Waals surface area (Å²) in [4.78, 5) is 16.9. The highest BCUT2D eigenvalue weighted by atomic mass is 16.2. The van der Waals surface area contributed by atoms with Crippen LogP contribution in [0.15, 0.2) is 59.7 Å². The first-order valence-electron chi connectivity index (χ1n) is 6.56. The summed E-state index contributed by atoms with van der Waals surface area (Å²) in [5.41, 5.74) is 10.9. The Hall–Kier alpha value is -2.98. The van der Waals surface area contributed by atoms with Crippen LogP contribution in [0.3, 0.4) is 0 Å². The fourth-order valence-corrected chi connectivity index (χ4v) is 2.49. The fraction of sp³-hybridized carbons (Fsp3) is 0.133. The van der Waals surface area contributed by atoms with Crippen LogP contribution in [-0.2, 0) is 0 Å². The van der Waals surface area contributed by atoms with Gasteiger partial charge in [-0.25, -0.2) is 0 Å². The van der Waals surface area contributed by atoms with E-state index in [1.807, 2.05) is 53.4 Å². The van der Waals surface area contributed by atoms with E-state index in [-0.39, 0.29) is 12.5 Å². The maximum absolute atomic E-state index is 12.2. The average molecular weight is 279 g/mol. The van der Waals surface area contributed by atoms with Gasteiger partial charge in [0.25, 0.3) is 5.91 Å². The molecule has 0 spiro atoms. The van der Waals surface area contributed by atoms with Crippen molar-refractivity contribution >= 4 is 17.3 Å². The second-order valence-corrected chi connectivity index (χ2v) is 4.63. The fourth-order valence-electron chi connectivity index (χ4n) is 2.49. The molecule has 1 amide bonds. The molecule has 0 radical (unpaired) electrons. The second kappa shape index (κ2) is 5.56. The number of azide groups is 1. The summed E-state index contributed by atoms with van der Waals surface area (Å²) in [6.45, 7) is 0.158. The molecule has 0 bridgehead atoms. The molecule has 2 aromatic rings. The lowest BCUT2D eigenvalue weighted by atomic mass is 10.1. The van der Waals surface area contributed by atoms with Crippen LogP contribution >= 0.6 is 0 Å². The normalized spacial score (nSPS) is 16.7. The summed E-state index contributed by atoms with van der Waals surface area (Å²) in [6.07, 6.45) is -0.398. The van der Waals surface area contributed by atoms with E-state index < -0.39 is 6.17 Å². The van der Waals surface area contributed by atoms with Crippen LogP contribution in [0.2, 0.25) is 0 Å². The quantitative estimate of drug-likeness (QED) is 0.531. The summed E-state index contributed by atoms with van der Waals surface area (Å²) in [5.74, 6) is -0.157. The van der Waals surface area contributed by atoms with Crippen LogP contribution in [0, 0.1) is 0 Å². The van der Waals surface area contributed by atoms with Gasteiger partial charge in [-0.15, -0.1) is 0 Å². The number of fused-ring (bicyclic) bond motifs is 1. The first-order chi connectivity index (χ1) is 10.3. The molecule has 6 heteroatoms. The molecule has 1 heterocycles. The predicted molar refractivity (Wildman–Crippen MR) is 80.3 cm³/mol. The van der Waals surface area contributed by atoms with Crippen LogP contribution in [0.4, 0.5) is 11.4 Å². The minimum atomic E-state index is -0.398. The molecule has 104 valence electrons. The van der Waals surface area contributed by atoms with E-state index in [0.717, 1.165) is 11.4 Å². The second-order valence-electron chi connectivity index (χ2n) is 4.63. The number of carbonyl (C=O) groups is 1. The third-order valence-corrected chi connectivity index (χ3v) is 3.37. The molecule has 1 unspecified atom stereocenters. The number of nitrogens with one attached hydrogen (secondary N) is 1. The van der Waals surface area contributed by atoms with Gasteiger partial charge in [0, 0.05) is 10.6 Å². The predicted octanol–water partition coefficient (Wildman–Crippen LogP) is 3.20. The summed E-state index contributed by atoms with van der Waals surface area (Å²) in [7, 11) is 0. The molecule has 2 aromatic carbocycles. The zero-order valence-electron chi connectivity index (χ0n) is 11.2. The molecule has 0 fully saturated rings. The van der Waals surface area contributed by atoms with Crippen LogP contribution in [0.1, 0.15) is 10.4 Å². The standard InChI is InChI=1S/C15H13N5O/c16-19-17-10-14-18-15(21)12-8-4-5-9-13(12)20(14)11-6-2-1-3-7-11/h1-9,14H,10H2,(H,18,21). The summed E-state index contributed by atoms with van der Waals surface area (Å²) in [6, 6.07) is 17.1. The third kappa shape index (κ3) is 2.40. The number of amides is 1. The van der Waals surface area contributed by atoms with Crippen molar-refractivity contribution in [1.29, 1.82) is 0 Å². The zero-order chi connectivity index (χ0) is 14.7. The molecule has 1 aliphatic heterocycles. The average Bonchev–Trinajstić information content (AvgIpc) is 2.54. The molecule has 0 aromatic heterocycles. The highest BCUT2D eigenvalue weighted by molar-refractivity contribution is 6.03. The third-order valence-electron chi connectivity index (χ3n) is 3.37. The maximum Gasteiger partial charge on any atom is 0.255 e. The lowest BCUT2D eigenvalue weighted by Crippen LogP contribution is -2.52. The zero-order valence-corrected chi connectivity index (χ0v) is 11.2. The van der Waals surface area contributed by atoms with Crippen LogP contribution in [-0.4, -0.2) is 18.6 Å². The minimum absolute atomic E-state index is 0.157. The van der Waals surface area contributed by atoms with E-state index in [1.165, 1.54) is 0 Å². The van der Waals surface area contributed by atoms with Crippen molar-refractivity contribution in [2.45, 2.75) is 6.17 Å². The number of benzene rings is 2. The number of rotatable bonds is 3. The van der Waals surface area contributed by atoms with Gasteiger partial charge in [0.15, 0.2) is 0 Å². The Labute approximate surface area is 121 Å². The van der Waals surface area contributed by atoms with Crippen molar-refractivity contribution in [3.63, 3.8) is 0 Å². The number of anilines is 2. The molecule has 3 rings (SSSR count). The van der Waals surface area contributed by atoms with E-state index in [2.05, 4.69) is 15.3 Å². The monoisotopic (exact) mass is 279 g/mol. The number of para-hydroxylation sites is 2. The van der Waals surface area contributed by atoms with Crippen molar-refractivity contribution in [2.24, 2.45) is 5.11 Å². The number of hydrogen-bond donors (Lipinski definition) is 1. The Balaban J connectivity index is 2.11. The molecule has 6 nitrogen and oxygen atoms in total. The molecule has 0 aliphatic carbocycles. The first-order valence-corrected chi connectivity index (χ1v) is 6.56. The highest BCUT2D eigenvalue weighted by Crippen LogP contribution is 2.33. The maximum atomic E-state index is 12.2. The Bertz CT molecular complexity index is 709. The molecule has 0 saturated heterocycles. The molecule has 1 aliphatic rings. The minimum Gasteiger partial charge on any atom is -0.331 e. The van der Waals surface area contributed by atoms with Crippen molar-refractivity contribution < 1.29 is 4.79 Å². The van der Waals surface area contributed by atoms with Crippen molar-refractivity contribution in [3.8, 4) is 0 Å². The molecule has 1 atom stereocenters. The molecule has 1 N–H and O–H groups in total. The molecular formula is C15H13N5O. The topological polar surface area (TPSA) is 81.1 Å². The van der Waals surface area contributed by atoms with Gasteiger partial charge in [-0.3, -0.25) is 4.79 Å². The lowest BCUT2D eigenvalue weighted by molar-refractivity contribution is 0.0931. The van der Waals surface area contributed by atoms with E-state index >= 15 is 0 Å². The molecule has 0 saturated carbocycles. The number of hydrogen-bond acceptors (Lipinski definition) is 3. The van der Waals surface area contributed by atoms with Crippen LogP contribution in [0.5, 0.6) is 0 Å². The van der Waals surface area contributed by atoms with Crippen LogP contribution in [0.25, 0.3) is 10.4 Å². The van der Waals surface area contributed by atoms with Gasteiger partial charge < -0.3 is 10.2 Å². The smallest absolute Gasteiger partial charge is 0.255 e. The van der Waals surface area contributed by atoms with Gasteiger partial charge in [0.2, 0.25) is 0 Å². The van der Waals surface area contributed by atoms with Gasteiger partial charge in [-0.05, 0) is 29.8 Å². The van der Waals surface area contributed by atoms with Gasteiger partial charge in [-0.2, -0.15) is 0 Å². The number of nitrogens with zero attached hydrogens (tertiary/aromatic N) is 4. The number of carbonyl (C=O) groups excluding carboxylic acids is 1.